The highest BCUT2D eigenvalue weighted by Crippen LogP contribution is 2.20. The second-order valence-corrected chi connectivity index (χ2v) is 7.16. The largest absolute Gasteiger partial charge is 0.434 e. The van der Waals surface area contributed by atoms with Crippen molar-refractivity contribution < 1.29 is 18.3 Å². The van der Waals surface area contributed by atoms with Crippen molar-refractivity contribution in [1.29, 1.82) is 5.26 Å². The topological polar surface area (TPSA) is 84.1 Å². The fraction of sp³-hybridized carbons (Fsp3) is 0.286. The molecule has 0 radical (unpaired) electrons. The normalized spacial score (nSPS) is 12.4. The van der Waals surface area contributed by atoms with Crippen LogP contribution in [-0.2, 0) is 11.3 Å². The van der Waals surface area contributed by atoms with Gasteiger partial charge in [0.1, 0.15) is 16.5 Å². The minimum Gasteiger partial charge on any atom is -0.434 e. The van der Waals surface area contributed by atoms with Crippen molar-refractivity contribution in [2.75, 3.05) is 6.54 Å². The summed E-state index contributed by atoms with van der Waals surface area (Å²) in [7, 11) is 0. The molecule has 0 aliphatic heterocycles. The number of hydrogen-bond acceptors (Lipinski definition) is 5. The van der Waals surface area contributed by atoms with Gasteiger partial charge in [-0.15, -0.1) is 17.9 Å². The number of hydrogen-bond donors (Lipinski definition) is 1. The van der Waals surface area contributed by atoms with E-state index in [9.17, 15) is 23.6 Å². The summed E-state index contributed by atoms with van der Waals surface area (Å²) >= 11 is 0.932. The molecule has 0 saturated heterocycles. The van der Waals surface area contributed by atoms with Gasteiger partial charge in [-0.3, -0.25) is 14.2 Å². The maximum Gasteiger partial charge on any atom is 0.387 e. The average molecular weight is 433 g/mol. The number of aromatic nitrogens is 1. The third-order valence-electron chi connectivity index (χ3n) is 4.01. The fourth-order valence-electron chi connectivity index (χ4n) is 2.61. The number of unbranched alkanes of at least 4 members (excludes halogenated alkanes) is 1. The van der Waals surface area contributed by atoms with Gasteiger partial charge in [0.25, 0.3) is 11.5 Å². The van der Waals surface area contributed by atoms with Crippen molar-refractivity contribution in [2.45, 2.75) is 32.9 Å². The van der Waals surface area contributed by atoms with Crippen LogP contribution in [0.2, 0.25) is 0 Å². The van der Waals surface area contributed by atoms with Crippen LogP contribution in [-0.4, -0.2) is 23.6 Å². The van der Waals surface area contributed by atoms with E-state index < -0.39 is 18.1 Å². The highest BCUT2D eigenvalue weighted by molar-refractivity contribution is 7.07. The molecule has 6 nitrogen and oxygen atoms in total. The lowest BCUT2D eigenvalue weighted by molar-refractivity contribution is -0.115. The van der Waals surface area contributed by atoms with E-state index in [1.54, 1.807) is 6.07 Å². The van der Waals surface area contributed by atoms with Crippen LogP contribution in [0.1, 0.15) is 25.3 Å². The van der Waals surface area contributed by atoms with Crippen LogP contribution in [0.4, 0.5) is 8.78 Å². The number of ether oxygens (including phenoxy) is 1. The number of amides is 1. The molecule has 0 fully saturated rings. The first-order valence-corrected chi connectivity index (χ1v) is 10.0. The summed E-state index contributed by atoms with van der Waals surface area (Å²) in [6.45, 7) is 3.06. The van der Waals surface area contributed by atoms with Crippen LogP contribution < -0.4 is 24.8 Å². The molecule has 1 N–H and O–H groups in total. The summed E-state index contributed by atoms with van der Waals surface area (Å²) in [6.07, 6.45) is 4.51. The lowest BCUT2D eigenvalue weighted by Gasteiger charge is -2.06. The second kappa shape index (κ2) is 11.1. The van der Waals surface area contributed by atoms with Gasteiger partial charge in [0.05, 0.1) is 4.53 Å². The zero-order valence-corrected chi connectivity index (χ0v) is 17.2. The number of rotatable bonds is 9. The predicted molar refractivity (Wildman–Crippen MR) is 112 cm³/mol. The number of halogens is 2. The fourth-order valence-corrected chi connectivity index (χ4v) is 3.71. The molecule has 1 aromatic carbocycles. The van der Waals surface area contributed by atoms with Gasteiger partial charge in [-0.2, -0.15) is 14.0 Å². The third kappa shape index (κ3) is 5.64. The Morgan fingerprint density at radius 1 is 1.43 bits per heavy atom. The molecule has 0 atom stereocenters. The molecule has 2 aromatic rings. The molecule has 0 spiro atoms. The van der Waals surface area contributed by atoms with Gasteiger partial charge in [-0.25, -0.2) is 0 Å². The van der Waals surface area contributed by atoms with Gasteiger partial charge in [-0.1, -0.05) is 37.6 Å². The number of para-hydroxylation sites is 1. The summed E-state index contributed by atoms with van der Waals surface area (Å²) in [5.41, 5.74) is -0.373. The summed E-state index contributed by atoms with van der Waals surface area (Å²) in [5.74, 6) is -0.656. The number of benzene rings is 1. The van der Waals surface area contributed by atoms with Crippen LogP contribution in [0.5, 0.6) is 5.75 Å². The van der Waals surface area contributed by atoms with Gasteiger partial charge in [-0.05, 0) is 18.6 Å². The maximum absolute atomic E-state index is 12.9. The summed E-state index contributed by atoms with van der Waals surface area (Å²) in [4.78, 5) is 25.3. The minimum absolute atomic E-state index is 0.0843. The van der Waals surface area contributed by atoms with Crippen molar-refractivity contribution in [3.8, 4) is 11.8 Å². The molecule has 1 heterocycles. The summed E-state index contributed by atoms with van der Waals surface area (Å²) in [6, 6.07) is 7.92. The first kappa shape index (κ1) is 23.0. The zero-order valence-electron chi connectivity index (χ0n) is 16.4. The Kier molecular flexibility index (Phi) is 8.50. The molecule has 0 aliphatic carbocycles. The summed E-state index contributed by atoms with van der Waals surface area (Å²) < 4.78 is 31.4. The lowest BCUT2D eigenvalue weighted by Crippen LogP contribution is -2.34. The van der Waals surface area contributed by atoms with Crippen molar-refractivity contribution >= 4 is 28.9 Å². The molecular formula is C21H21F2N3O3S. The molecule has 1 amide bonds. The number of thiazole rings is 1. The van der Waals surface area contributed by atoms with E-state index in [1.807, 2.05) is 13.0 Å². The van der Waals surface area contributed by atoms with Crippen molar-refractivity contribution in [3.05, 3.63) is 62.0 Å². The monoisotopic (exact) mass is 433 g/mol. The molecule has 0 bridgehead atoms. The molecule has 0 aliphatic rings. The van der Waals surface area contributed by atoms with Crippen molar-refractivity contribution in [3.63, 3.8) is 0 Å². The average Bonchev–Trinajstić information content (AvgIpc) is 3.00. The van der Waals surface area contributed by atoms with Crippen LogP contribution in [0.3, 0.4) is 0 Å². The molecule has 158 valence electrons. The van der Waals surface area contributed by atoms with Crippen LogP contribution in [0.25, 0.3) is 11.6 Å². The number of nitriles is 1. The van der Waals surface area contributed by atoms with Crippen LogP contribution in [0.15, 0.2) is 41.7 Å². The van der Waals surface area contributed by atoms with Crippen LogP contribution >= 0.6 is 11.3 Å². The number of carbonyl (C=O) groups excluding carboxylic acids is 1. The highest BCUT2D eigenvalue weighted by atomic mass is 32.1. The number of carbonyl (C=O) groups is 1. The Labute approximate surface area is 176 Å². The van der Waals surface area contributed by atoms with E-state index >= 15 is 0 Å². The first-order valence-electron chi connectivity index (χ1n) is 9.21. The first-order chi connectivity index (χ1) is 14.4. The maximum atomic E-state index is 12.9. The Morgan fingerprint density at radius 3 is 2.80 bits per heavy atom. The van der Waals surface area contributed by atoms with Gasteiger partial charge in [0.2, 0.25) is 0 Å². The Hall–Kier alpha value is -3.25. The molecular weight excluding hydrogens is 412 g/mol. The standard InChI is InChI=1S/C21H21F2N3O3S/c1-3-5-10-25-18(27)15(13-24)20-26(11-4-2)19(28)17(30-20)12-14-8-6-7-9-16(14)29-21(22)23/h4,6-9,12,21H,2-3,5,10-11H2,1H3,(H,25,27)/b17-12-,20-15+. The van der Waals surface area contributed by atoms with Gasteiger partial charge < -0.3 is 10.1 Å². The SMILES string of the molecule is C=CCn1c(=O)/c(=C/c2ccccc2OC(F)F)s/c1=C(\C#N)C(=O)NCCCC. The van der Waals surface area contributed by atoms with Crippen molar-refractivity contribution in [2.24, 2.45) is 0 Å². The molecule has 0 saturated carbocycles. The van der Waals surface area contributed by atoms with Crippen molar-refractivity contribution in [1.82, 2.24) is 9.88 Å². The molecule has 1 aromatic heterocycles. The predicted octanol–water partition coefficient (Wildman–Crippen LogP) is 2.12. The third-order valence-corrected chi connectivity index (χ3v) is 5.14. The lowest BCUT2D eigenvalue weighted by atomic mass is 10.2. The van der Waals surface area contributed by atoms with E-state index in [0.29, 0.717) is 6.54 Å². The number of nitrogens with zero attached hydrogens (tertiary/aromatic N) is 2. The van der Waals surface area contributed by atoms with E-state index in [-0.39, 0.29) is 32.6 Å². The minimum atomic E-state index is -3.01. The number of nitrogens with one attached hydrogen (secondary N) is 1. The number of allylic oxidation sites excluding steroid dienone is 1. The zero-order chi connectivity index (χ0) is 22.1. The van der Waals surface area contributed by atoms with Gasteiger partial charge >= 0.3 is 6.61 Å². The molecule has 0 unspecified atom stereocenters. The van der Waals surface area contributed by atoms with Crippen LogP contribution in [0, 0.1) is 11.3 Å². The molecule has 9 heteroatoms. The van der Waals surface area contributed by atoms with E-state index in [1.165, 1.54) is 34.9 Å². The quantitative estimate of drug-likeness (QED) is 0.485. The van der Waals surface area contributed by atoms with Gasteiger partial charge in [0, 0.05) is 18.7 Å². The molecule has 2 rings (SSSR count). The number of alkyl halides is 2. The Balaban J connectivity index is 2.68. The smallest absolute Gasteiger partial charge is 0.387 e. The highest BCUT2D eigenvalue weighted by Gasteiger charge is 2.15. The second-order valence-electron chi connectivity index (χ2n) is 6.13. The van der Waals surface area contributed by atoms with Gasteiger partial charge in [0.15, 0.2) is 5.57 Å². The molecule has 30 heavy (non-hydrogen) atoms. The Bertz CT molecular complexity index is 1130. The summed E-state index contributed by atoms with van der Waals surface area (Å²) in [5, 5.41) is 12.2. The Morgan fingerprint density at radius 2 is 2.17 bits per heavy atom. The van der Waals surface area contributed by atoms with E-state index in [4.69, 9.17) is 0 Å². The van der Waals surface area contributed by atoms with E-state index in [2.05, 4.69) is 16.6 Å². The van der Waals surface area contributed by atoms with E-state index in [0.717, 1.165) is 24.2 Å².